The lowest BCUT2D eigenvalue weighted by molar-refractivity contribution is -0.352. The van der Waals surface area contributed by atoms with E-state index in [-0.39, 0.29) is 11.3 Å². The number of aliphatic hydroxyl groups is 7. The Bertz CT molecular complexity index is 1070. The molecule has 13 nitrogen and oxygen atoms in total. The van der Waals surface area contributed by atoms with Gasteiger partial charge in [-0.1, -0.05) is 0 Å². The van der Waals surface area contributed by atoms with Crippen molar-refractivity contribution in [3.8, 4) is 5.75 Å². The maximum Gasteiger partial charge on any atom is 0.336 e. The van der Waals surface area contributed by atoms with Crippen molar-refractivity contribution in [2.45, 2.75) is 68.3 Å². The van der Waals surface area contributed by atoms with E-state index in [1.807, 2.05) is 0 Å². The van der Waals surface area contributed by atoms with Crippen LogP contribution in [0.2, 0.25) is 0 Å². The van der Waals surface area contributed by atoms with E-state index < -0.39 is 80.3 Å². The molecule has 2 fully saturated rings. The van der Waals surface area contributed by atoms with Gasteiger partial charge in [-0.2, -0.15) is 0 Å². The molecule has 4 rings (SSSR count). The smallest absolute Gasteiger partial charge is 0.336 e. The zero-order valence-electron chi connectivity index (χ0n) is 18.6. The third-order valence-corrected chi connectivity index (χ3v) is 6.14. The topological polar surface area (TPSA) is 209 Å². The largest absolute Gasteiger partial charge is 0.462 e. The lowest BCUT2D eigenvalue weighted by Gasteiger charge is -2.45. The lowest BCUT2D eigenvalue weighted by Crippen LogP contribution is -2.65. The molecule has 0 bridgehead atoms. The molecular formula is C22H28O13. The van der Waals surface area contributed by atoms with Gasteiger partial charge in [0.25, 0.3) is 0 Å². The Morgan fingerprint density at radius 3 is 2.17 bits per heavy atom. The van der Waals surface area contributed by atoms with E-state index in [0.717, 1.165) is 0 Å². The Labute approximate surface area is 198 Å². The summed E-state index contributed by atoms with van der Waals surface area (Å²) in [5.74, 6) is 0.146. The first-order chi connectivity index (χ1) is 16.6. The molecule has 2 aliphatic heterocycles. The molecule has 2 saturated heterocycles. The van der Waals surface area contributed by atoms with Crippen LogP contribution in [-0.4, -0.2) is 110 Å². The molecule has 0 amide bonds. The van der Waals surface area contributed by atoms with E-state index in [1.54, 1.807) is 19.1 Å². The molecule has 0 saturated carbocycles. The standard InChI is InChI=1S/C22H28O13/c1-8-4-14(25)32-11-5-9(2-3-10(8)11)31-21-19(30)17(28)20(13(7-24)34-21)35-22-18(29)16(27)15(26)12(6-23)33-22/h2-5,12-13,15-24,26-30H,6-7H2,1H3/t12-,13-,15+,16-,17-,18-,19-,20-,21-,22+/m1/s1. The van der Waals surface area contributed by atoms with E-state index in [4.69, 9.17) is 23.4 Å². The van der Waals surface area contributed by atoms with Crippen molar-refractivity contribution in [3.63, 3.8) is 0 Å². The molecule has 1 aromatic heterocycles. The van der Waals surface area contributed by atoms with E-state index in [9.17, 15) is 40.5 Å². The molecule has 0 unspecified atom stereocenters. The number of hydrogen-bond donors (Lipinski definition) is 7. The minimum atomic E-state index is -1.76. The highest BCUT2D eigenvalue weighted by atomic mass is 16.7. The van der Waals surface area contributed by atoms with E-state index in [1.165, 1.54) is 12.1 Å². The van der Waals surface area contributed by atoms with Gasteiger partial charge in [-0.05, 0) is 24.6 Å². The predicted molar refractivity (Wildman–Crippen MR) is 114 cm³/mol. The fourth-order valence-corrected chi connectivity index (χ4v) is 4.17. The highest BCUT2D eigenvalue weighted by Gasteiger charge is 2.51. The first kappa shape index (κ1) is 25.9. The van der Waals surface area contributed by atoms with Gasteiger partial charge in [-0.3, -0.25) is 0 Å². The molecular weight excluding hydrogens is 472 g/mol. The Kier molecular flexibility index (Phi) is 7.73. The summed E-state index contributed by atoms with van der Waals surface area (Å²) in [6, 6.07) is 5.94. The van der Waals surface area contributed by atoms with Crippen molar-refractivity contribution in [2.75, 3.05) is 13.2 Å². The number of aliphatic hydroxyl groups excluding tert-OH is 7. The molecule has 2 aliphatic rings. The third kappa shape index (κ3) is 5.06. The molecule has 7 N–H and O–H groups in total. The minimum Gasteiger partial charge on any atom is -0.462 e. The van der Waals surface area contributed by atoms with Gasteiger partial charge in [0.05, 0.1) is 13.2 Å². The molecule has 1 aromatic carbocycles. The summed E-state index contributed by atoms with van der Waals surface area (Å²) in [5.41, 5.74) is 0.381. The number of benzene rings is 1. The van der Waals surface area contributed by atoms with Crippen molar-refractivity contribution < 1.29 is 59.1 Å². The van der Waals surface area contributed by atoms with Crippen LogP contribution in [0, 0.1) is 6.92 Å². The van der Waals surface area contributed by atoms with E-state index >= 15 is 0 Å². The average molecular weight is 500 g/mol. The van der Waals surface area contributed by atoms with Crippen LogP contribution < -0.4 is 10.4 Å². The van der Waals surface area contributed by atoms with Crippen molar-refractivity contribution in [1.82, 2.24) is 0 Å². The van der Waals surface area contributed by atoms with Crippen LogP contribution in [0.4, 0.5) is 0 Å². The molecule has 35 heavy (non-hydrogen) atoms. The van der Waals surface area contributed by atoms with Crippen molar-refractivity contribution in [1.29, 1.82) is 0 Å². The molecule has 3 heterocycles. The summed E-state index contributed by atoms with van der Waals surface area (Å²) < 4.78 is 27.1. The van der Waals surface area contributed by atoms with Gasteiger partial charge in [0.1, 0.15) is 60.2 Å². The van der Waals surface area contributed by atoms with Gasteiger partial charge in [-0.15, -0.1) is 0 Å². The summed E-state index contributed by atoms with van der Waals surface area (Å²) >= 11 is 0. The zero-order valence-corrected chi connectivity index (χ0v) is 18.6. The van der Waals surface area contributed by atoms with Crippen molar-refractivity contribution in [3.05, 3.63) is 40.2 Å². The Hall–Kier alpha value is -2.17. The first-order valence-electron chi connectivity index (χ1n) is 10.9. The zero-order chi connectivity index (χ0) is 25.4. The maximum absolute atomic E-state index is 11.7. The first-order valence-corrected chi connectivity index (χ1v) is 10.9. The summed E-state index contributed by atoms with van der Waals surface area (Å²) in [4.78, 5) is 11.7. The monoisotopic (exact) mass is 500 g/mol. The number of ether oxygens (including phenoxy) is 4. The average Bonchev–Trinajstić information content (AvgIpc) is 2.83. The summed E-state index contributed by atoms with van der Waals surface area (Å²) in [6.45, 7) is 0.352. The number of hydrogen-bond acceptors (Lipinski definition) is 13. The second kappa shape index (κ2) is 10.4. The van der Waals surface area contributed by atoms with Gasteiger partial charge < -0.3 is 59.1 Å². The molecule has 0 aliphatic carbocycles. The number of fused-ring (bicyclic) bond motifs is 1. The molecule has 2 aromatic rings. The third-order valence-electron chi connectivity index (χ3n) is 6.14. The van der Waals surface area contributed by atoms with E-state index in [0.29, 0.717) is 10.9 Å². The van der Waals surface area contributed by atoms with Gasteiger partial charge >= 0.3 is 5.63 Å². The Morgan fingerprint density at radius 1 is 0.829 bits per heavy atom. The maximum atomic E-state index is 11.7. The van der Waals surface area contributed by atoms with Crippen LogP contribution in [0.5, 0.6) is 5.75 Å². The number of rotatable bonds is 6. The van der Waals surface area contributed by atoms with Gasteiger partial charge in [0, 0.05) is 17.5 Å². The fourth-order valence-electron chi connectivity index (χ4n) is 4.17. The fraction of sp³-hybridized carbons (Fsp3) is 0.591. The summed E-state index contributed by atoms with van der Waals surface area (Å²) in [6.07, 6.45) is -15.6. The summed E-state index contributed by atoms with van der Waals surface area (Å²) in [7, 11) is 0. The minimum absolute atomic E-state index is 0.146. The van der Waals surface area contributed by atoms with E-state index in [2.05, 4.69) is 0 Å². The Balaban J connectivity index is 1.50. The van der Waals surface area contributed by atoms with Crippen LogP contribution in [0.1, 0.15) is 5.56 Å². The molecule has 13 heteroatoms. The van der Waals surface area contributed by atoms with Crippen LogP contribution in [0.15, 0.2) is 33.5 Å². The van der Waals surface area contributed by atoms with Crippen LogP contribution in [0.3, 0.4) is 0 Å². The number of aryl methyl sites for hydroxylation is 1. The second-order valence-corrected chi connectivity index (χ2v) is 8.53. The quantitative estimate of drug-likeness (QED) is 0.199. The highest BCUT2D eigenvalue weighted by Crippen LogP contribution is 2.31. The van der Waals surface area contributed by atoms with Crippen LogP contribution >= 0.6 is 0 Å². The molecule has 10 atom stereocenters. The van der Waals surface area contributed by atoms with Crippen LogP contribution in [0.25, 0.3) is 11.0 Å². The van der Waals surface area contributed by atoms with Crippen molar-refractivity contribution in [2.24, 2.45) is 0 Å². The molecule has 0 spiro atoms. The SMILES string of the molecule is Cc1cc(=O)oc2cc(O[C@@H]3O[C@H](CO)[C@@H](O[C@@H]4O[C@H](CO)[C@H](O)[C@@H](O)[C@H]4O)[C@H](O)[C@H]3O)ccc12. The second-order valence-electron chi connectivity index (χ2n) is 8.53. The van der Waals surface area contributed by atoms with Gasteiger partial charge in [-0.25, -0.2) is 4.79 Å². The van der Waals surface area contributed by atoms with Gasteiger partial charge in [0.2, 0.25) is 6.29 Å². The van der Waals surface area contributed by atoms with Crippen molar-refractivity contribution >= 4 is 11.0 Å². The highest BCUT2D eigenvalue weighted by molar-refractivity contribution is 5.81. The normalized spacial score (nSPS) is 37.9. The van der Waals surface area contributed by atoms with Crippen LogP contribution in [-0.2, 0) is 14.2 Å². The Morgan fingerprint density at radius 2 is 1.49 bits per heavy atom. The molecule has 194 valence electrons. The molecule has 0 radical (unpaired) electrons. The predicted octanol–water partition coefficient (Wildman–Crippen LogP) is -2.90. The lowest BCUT2D eigenvalue weighted by atomic mass is 9.97. The van der Waals surface area contributed by atoms with Gasteiger partial charge in [0.15, 0.2) is 6.29 Å². The summed E-state index contributed by atoms with van der Waals surface area (Å²) in [5, 5.41) is 71.1.